The highest BCUT2D eigenvalue weighted by atomic mass is 16.7. The number of esters is 2. The van der Waals surface area contributed by atoms with Crippen LogP contribution in [0.2, 0.25) is 0 Å². The van der Waals surface area contributed by atoms with Crippen molar-refractivity contribution in [3.8, 4) is 40.9 Å². The molecule has 0 bridgehead atoms. The van der Waals surface area contributed by atoms with Gasteiger partial charge in [-0.3, -0.25) is 4.79 Å². The number of aryl methyl sites for hydroxylation is 1. The average Bonchev–Trinajstić information content (AvgIpc) is 3.10. The maximum absolute atomic E-state index is 12.8. The van der Waals surface area contributed by atoms with Crippen molar-refractivity contribution in [1.29, 1.82) is 0 Å². The molecular formula is C44H44O6. The molecule has 0 radical (unpaired) electrons. The van der Waals surface area contributed by atoms with Crippen molar-refractivity contribution in [3.05, 3.63) is 130 Å². The van der Waals surface area contributed by atoms with Crippen molar-refractivity contribution in [3.63, 3.8) is 0 Å². The zero-order chi connectivity index (χ0) is 36.1. The summed E-state index contributed by atoms with van der Waals surface area (Å²) < 4.78 is 21.7. The van der Waals surface area contributed by atoms with Crippen molar-refractivity contribution in [1.82, 2.24) is 0 Å². The summed E-state index contributed by atoms with van der Waals surface area (Å²) in [6.45, 7) is 12.1. The molecule has 4 aromatic rings. The van der Waals surface area contributed by atoms with Gasteiger partial charge >= 0.3 is 11.9 Å². The zero-order valence-electron chi connectivity index (χ0n) is 29.8. The maximum atomic E-state index is 12.8. The molecule has 0 spiro atoms. The van der Waals surface area contributed by atoms with Gasteiger partial charge in [0.25, 0.3) is 0 Å². The summed E-state index contributed by atoms with van der Waals surface area (Å²) >= 11 is 0. The summed E-state index contributed by atoms with van der Waals surface area (Å²) in [6, 6.07) is 27.7. The summed E-state index contributed by atoms with van der Waals surface area (Å²) in [4.78, 5) is 25.0. The van der Waals surface area contributed by atoms with Gasteiger partial charge in [-0.2, -0.15) is 0 Å². The molecule has 1 atom stereocenters. The highest BCUT2D eigenvalue weighted by Crippen LogP contribution is 2.35. The average molecular weight is 669 g/mol. The second kappa shape index (κ2) is 17.6. The molecule has 0 N–H and O–H groups in total. The Morgan fingerprint density at radius 3 is 1.88 bits per heavy atom. The SMILES string of the molecule is COc1ccc(/C=C/C(=O)Oc2ccc(C#Cc3ccc(C#Cc4ccc(OCOC(=O)C(C)(CC(C)C)C(C)C)cc4)cc3C)cc2)cc1. The topological polar surface area (TPSA) is 71.1 Å². The summed E-state index contributed by atoms with van der Waals surface area (Å²) in [7, 11) is 1.61. The van der Waals surface area contributed by atoms with Crippen LogP contribution in [0.15, 0.2) is 97.1 Å². The normalized spacial score (nSPS) is 11.9. The number of hydrogen-bond acceptors (Lipinski definition) is 6. The van der Waals surface area contributed by atoms with Gasteiger partial charge in [0, 0.05) is 28.3 Å². The first-order valence-corrected chi connectivity index (χ1v) is 16.6. The fraction of sp³-hybridized carbons (Fsp3) is 0.273. The standard InChI is InChI=1S/C44H44O6/c1-31(2)29-44(6,32(3)4)43(46)49-30-48-40-23-14-34(15-24-40)8-9-37-11-20-38(33(5)28-37)19-10-35-16-25-41(26-17-35)50-42(45)27-18-36-12-21-39(47-7)22-13-36/h11-18,20-28,31-32H,29-30H2,1-7H3/b27-18+. The summed E-state index contributed by atoms with van der Waals surface area (Å²) in [6.07, 6.45) is 3.83. The van der Waals surface area contributed by atoms with Crippen LogP contribution in [0, 0.1) is 47.9 Å². The zero-order valence-corrected chi connectivity index (χ0v) is 29.8. The molecule has 0 heterocycles. The van der Waals surface area contributed by atoms with E-state index in [-0.39, 0.29) is 18.7 Å². The molecule has 4 aromatic carbocycles. The Labute approximate surface area is 296 Å². The van der Waals surface area contributed by atoms with E-state index < -0.39 is 11.4 Å². The van der Waals surface area contributed by atoms with Crippen LogP contribution in [0.3, 0.4) is 0 Å². The van der Waals surface area contributed by atoms with E-state index in [1.807, 2.05) is 107 Å². The molecule has 0 aromatic heterocycles. The Morgan fingerprint density at radius 1 is 0.740 bits per heavy atom. The number of carbonyl (C=O) groups is 2. The lowest BCUT2D eigenvalue weighted by Crippen LogP contribution is -2.37. The first-order valence-electron chi connectivity index (χ1n) is 16.6. The van der Waals surface area contributed by atoms with Crippen LogP contribution in [-0.2, 0) is 14.3 Å². The van der Waals surface area contributed by atoms with E-state index in [2.05, 4.69) is 37.5 Å². The van der Waals surface area contributed by atoms with Gasteiger partial charge in [0.1, 0.15) is 17.2 Å². The van der Waals surface area contributed by atoms with Gasteiger partial charge < -0.3 is 18.9 Å². The Kier molecular flexibility index (Phi) is 13.1. The van der Waals surface area contributed by atoms with Gasteiger partial charge in [-0.25, -0.2) is 4.79 Å². The van der Waals surface area contributed by atoms with Crippen molar-refractivity contribution >= 4 is 18.0 Å². The summed E-state index contributed by atoms with van der Waals surface area (Å²) in [5, 5.41) is 0. The lowest BCUT2D eigenvalue weighted by molar-refractivity contribution is -0.165. The predicted octanol–water partition coefficient (Wildman–Crippen LogP) is 9.01. The highest BCUT2D eigenvalue weighted by molar-refractivity contribution is 5.88. The summed E-state index contributed by atoms with van der Waals surface area (Å²) in [5.74, 6) is 14.4. The largest absolute Gasteiger partial charge is 0.497 e. The second-order valence-electron chi connectivity index (χ2n) is 13.0. The Bertz CT molecular complexity index is 1910. The van der Waals surface area contributed by atoms with Crippen LogP contribution >= 0.6 is 0 Å². The van der Waals surface area contributed by atoms with E-state index in [1.165, 1.54) is 6.08 Å². The first-order chi connectivity index (χ1) is 23.9. The van der Waals surface area contributed by atoms with Gasteiger partial charge in [0.05, 0.1) is 12.5 Å². The molecule has 0 aliphatic carbocycles. The third kappa shape index (κ3) is 10.9. The highest BCUT2D eigenvalue weighted by Gasteiger charge is 2.38. The summed E-state index contributed by atoms with van der Waals surface area (Å²) in [5.41, 5.74) is 4.74. The van der Waals surface area contributed by atoms with E-state index >= 15 is 0 Å². The molecule has 0 amide bonds. The van der Waals surface area contributed by atoms with E-state index in [0.29, 0.717) is 17.4 Å². The van der Waals surface area contributed by atoms with E-state index in [1.54, 1.807) is 25.3 Å². The van der Waals surface area contributed by atoms with Crippen LogP contribution in [0.5, 0.6) is 17.2 Å². The van der Waals surface area contributed by atoms with Crippen molar-refractivity contribution in [2.75, 3.05) is 13.9 Å². The van der Waals surface area contributed by atoms with E-state index in [9.17, 15) is 9.59 Å². The van der Waals surface area contributed by atoms with Gasteiger partial charge in [-0.05, 0) is 128 Å². The van der Waals surface area contributed by atoms with Crippen LogP contribution < -0.4 is 14.2 Å². The maximum Gasteiger partial charge on any atom is 0.336 e. The van der Waals surface area contributed by atoms with Gasteiger partial charge in [0.15, 0.2) is 0 Å². The number of methoxy groups -OCH3 is 1. The minimum Gasteiger partial charge on any atom is -0.497 e. The Morgan fingerprint density at radius 2 is 1.30 bits per heavy atom. The van der Waals surface area contributed by atoms with Crippen molar-refractivity contribution in [2.45, 2.75) is 48.0 Å². The molecule has 50 heavy (non-hydrogen) atoms. The minimum atomic E-state index is -0.551. The van der Waals surface area contributed by atoms with Crippen LogP contribution in [-0.4, -0.2) is 25.8 Å². The van der Waals surface area contributed by atoms with Crippen molar-refractivity contribution < 1.29 is 28.5 Å². The Balaban J connectivity index is 1.28. The molecule has 6 heteroatoms. The molecule has 1 unspecified atom stereocenters. The quantitative estimate of drug-likeness (QED) is 0.0522. The van der Waals surface area contributed by atoms with E-state index in [0.717, 1.165) is 45.6 Å². The van der Waals surface area contributed by atoms with Crippen LogP contribution in [0.25, 0.3) is 6.08 Å². The van der Waals surface area contributed by atoms with Crippen molar-refractivity contribution in [2.24, 2.45) is 17.3 Å². The van der Waals surface area contributed by atoms with Crippen LogP contribution in [0.1, 0.15) is 74.4 Å². The lowest BCUT2D eigenvalue weighted by Gasteiger charge is -2.32. The molecule has 4 rings (SSSR count). The van der Waals surface area contributed by atoms with Gasteiger partial charge in [0.2, 0.25) is 6.79 Å². The van der Waals surface area contributed by atoms with Gasteiger partial charge in [-0.15, -0.1) is 0 Å². The van der Waals surface area contributed by atoms with Crippen LogP contribution in [0.4, 0.5) is 0 Å². The lowest BCUT2D eigenvalue weighted by atomic mass is 9.73. The number of hydrogen-bond donors (Lipinski definition) is 0. The number of rotatable bonds is 11. The van der Waals surface area contributed by atoms with Gasteiger partial charge in [-0.1, -0.05) is 63.5 Å². The molecule has 256 valence electrons. The molecule has 0 aliphatic heterocycles. The van der Waals surface area contributed by atoms with E-state index in [4.69, 9.17) is 18.9 Å². The molecular weight excluding hydrogens is 624 g/mol. The Hall–Kier alpha value is -5.72. The number of ether oxygens (including phenoxy) is 4. The third-order valence-corrected chi connectivity index (χ3v) is 8.36. The third-order valence-electron chi connectivity index (χ3n) is 8.36. The fourth-order valence-corrected chi connectivity index (χ4v) is 5.15. The monoisotopic (exact) mass is 668 g/mol. The first kappa shape index (κ1) is 37.1. The molecule has 0 fully saturated rings. The molecule has 0 aliphatic rings. The predicted molar refractivity (Wildman–Crippen MR) is 198 cm³/mol. The number of benzene rings is 4. The smallest absolute Gasteiger partial charge is 0.336 e. The molecule has 6 nitrogen and oxygen atoms in total. The fourth-order valence-electron chi connectivity index (χ4n) is 5.15. The minimum absolute atomic E-state index is 0.135. The number of carbonyl (C=O) groups excluding carboxylic acids is 2. The molecule has 0 saturated carbocycles. The molecule has 0 saturated heterocycles. The second-order valence-corrected chi connectivity index (χ2v) is 13.0.